The average Bonchev–Trinajstić information content (AvgIpc) is 2.28. The highest BCUT2D eigenvalue weighted by Crippen LogP contribution is 2.26. The van der Waals surface area contributed by atoms with E-state index in [4.69, 9.17) is 17.3 Å². The predicted molar refractivity (Wildman–Crippen MR) is 69.9 cm³/mol. The SMILES string of the molecule is C/C(=C/Cl)CN1CC(N)Cc2ccccc21. The van der Waals surface area contributed by atoms with E-state index >= 15 is 0 Å². The largest absolute Gasteiger partial charge is 0.366 e. The third-order valence-electron chi connectivity index (χ3n) is 2.90. The number of para-hydroxylation sites is 1. The van der Waals surface area contributed by atoms with Crippen molar-refractivity contribution in [3.05, 3.63) is 40.9 Å². The highest BCUT2D eigenvalue weighted by Gasteiger charge is 2.21. The van der Waals surface area contributed by atoms with Gasteiger partial charge < -0.3 is 10.6 Å². The summed E-state index contributed by atoms with van der Waals surface area (Å²) in [5.41, 5.74) is 11.5. The highest BCUT2D eigenvalue weighted by atomic mass is 35.5. The van der Waals surface area contributed by atoms with Crippen LogP contribution in [0.5, 0.6) is 0 Å². The van der Waals surface area contributed by atoms with Gasteiger partial charge in [-0.15, -0.1) is 0 Å². The van der Waals surface area contributed by atoms with Crippen molar-refractivity contribution in [2.24, 2.45) is 5.73 Å². The summed E-state index contributed by atoms with van der Waals surface area (Å²) in [5, 5.41) is 0. The second-order valence-electron chi connectivity index (χ2n) is 4.43. The molecule has 0 spiro atoms. The first-order valence-electron chi connectivity index (χ1n) is 5.55. The molecule has 0 amide bonds. The van der Waals surface area contributed by atoms with Crippen molar-refractivity contribution < 1.29 is 0 Å². The first kappa shape index (κ1) is 11.5. The molecule has 2 nitrogen and oxygen atoms in total. The number of hydrogen-bond donors (Lipinski definition) is 1. The number of rotatable bonds is 2. The molecular weight excluding hydrogens is 220 g/mol. The van der Waals surface area contributed by atoms with Gasteiger partial charge in [-0.05, 0) is 30.5 Å². The summed E-state index contributed by atoms with van der Waals surface area (Å²) in [6.45, 7) is 3.79. The fourth-order valence-electron chi connectivity index (χ4n) is 2.21. The maximum absolute atomic E-state index is 6.06. The van der Waals surface area contributed by atoms with E-state index in [-0.39, 0.29) is 6.04 Å². The van der Waals surface area contributed by atoms with Crippen molar-refractivity contribution in [3.63, 3.8) is 0 Å². The normalized spacial score (nSPS) is 20.8. The lowest BCUT2D eigenvalue weighted by molar-refractivity contribution is 0.612. The lowest BCUT2D eigenvalue weighted by Gasteiger charge is -2.34. The zero-order valence-electron chi connectivity index (χ0n) is 9.49. The lowest BCUT2D eigenvalue weighted by Crippen LogP contribution is -2.43. The number of nitrogens with two attached hydrogens (primary N) is 1. The van der Waals surface area contributed by atoms with Gasteiger partial charge in [0.05, 0.1) is 0 Å². The third-order valence-corrected chi connectivity index (χ3v) is 3.27. The van der Waals surface area contributed by atoms with E-state index in [1.807, 2.05) is 6.92 Å². The van der Waals surface area contributed by atoms with Crippen LogP contribution in [0.4, 0.5) is 5.69 Å². The number of anilines is 1. The monoisotopic (exact) mass is 236 g/mol. The van der Waals surface area contributed by atoms with Crippen molar-refractivity contribution in [3.8, 4) is 0 Å². The minimum Gasteiger partial charge on any atom is -0.366 e. The molecule has 1 aromatic carbocycles. The molecule has 86 valence electrons. The van der Waals surface area contributed by atoms with Gasteiger partial charge in [-0.1, -0.05) is 29.8 Å². The Morgan fingerprint density at radius 3 is 3.06 bits per heavy atom. The second kappa shape index (κ2) is 4.89. The van der Waals surface area contributed by atoms with Crippen molar-refractivity contribution in [2.45, 2.75) is 19.4 Å². The number of halogens is 1. The van der Waals surface area contributed by atoms with E-state index in [1.165, 1.54) is 11.3 Å². The van der Waals surface area contributed by atoms with Crippen LogP contribution in [0.15, 0.2) is 35.4 Å². The molecular formula is C13H17ClN2. The third kappa shape index (κ3) is 2.39. The molecule has 0 radical (unpaired) electrons. The highest BCUT2D eigenvalue weighted by molar-refractivity contribution is 6.25. The fourth-order valence-corrected chi connectivity index (χ4v) is 2.27. The molecule has 2 N–H and O–H groups in total. The van der Waals surface area contributed by atoms with E-state index in [9.17, 15) is 0 Å². The standard InChI is InChI=1S/C13H17ClN2/c1-10(7-14)8-16-9-12(15)6-11-4-2-3-5-13(11)16/h2-5,7,12H,6,8-9,15H2,1H3/b10-7-. The Morgan fingerprint density at radius 2 is 2.31 bits per heavy atom. The number of hydrogen-bond acceptors (Lipinski definition) is 2. The average molecular weight is 237 g/mol. The smallest absolute Gasteiger partial charge is 0.0402 e. The zero-order chi connectivity index (χ0) is 11.5. The molecule has 0 saturated carbocycles. The van der Waals surface area contributed by atoms with Crippen LogP contribution in [0.2, 0.25) is 0 Å². The fraction of sp³-hybridized carbons (Fsp3) is 0.385. The van der Waals surface area contributed by atoms with E-state index in [1.54, 1.807) is 5.54 Å². The molecule has 1 atom stereocenters. The Hall–Kier alpha value is -0.990. The van der Waals surface area contributed by atoms with Crippen LogP contribution in [0, 0.1) is 0 Å². The van der Waals surface area contributed by atoms with E-state index in [0.29, 0.717) is 0 Å². The summed E-state index contributed by atoms with van der Waals surface area (Å²) in [6, 6.07) is 8.67. The van der Waals surface area contributed by atoms with Crippen LogP contribution in [0.3, 0.4) is 0 Å². The molecule has 1 aliphatic rings. The summed E-state index contributed by atoms with van der Waals surface area (Å²) < 4.78 is 0. The van der Waals surface area contributed by atoms with Gasteiger partial charge in [0.15, 0.2) is 0 Å². The van der Waals surface area contributed by atoms with Crippen molar-refractivity contribution in [1.29, 1.82) is 0 Å². The molecule has 1 aromatic rings. The van der Waals surface area contributed by atoms with Gasteiger partial charge in [-0.3, -0.25) is 0 Å². The molecule has 0 saturated heterocycles. The molecule has 0 fully saturated rings. The number of fused-ring (bicyclic) bond motifs is 1. The van der Waals surface area contributed by atoms with Crippen LogP contribution in [-0.4, -0.2) is 19.1 Å². The summed E-state index contributed by atoms with van der Waals surface area (Å²) in [4.78, 5) is 2.30. The van der Waals surface area contributed by atoms with Gasteiger partial charge in [0.1, 0.15) is 0 Å². The lowest BCUT2D eigenvalue weighted by atomic mass is 9.98. The van der Waals surface area contributed by atoms with Crippen LogP contribution in [-0.2, 0) is 6.42 Å². The molecule has 1 unspecified atom stereocenters. The zero-order valence-corrected chi connectivity index (χ0v) is 10.2. The first-order chi connectivity index (χ1) is 7.70. The second-order valence-corrected chi connectivity index (χ2v) is 4.65. The Morgan fingerprint density at radius 1 is 1.56 bits per heavy atom. The number of benzene rings is 1. The first-order valence-corrected chi connectivity index (χ1v) is 5.98. The summed E-state index contributed by atoms with van der Waals surface area (Å²) in [5.74, 6) is 0. The Bertz CT molecular complexity index is 401. The van der Waals surface area contributed by atoms with Gasteiger partial charge in [0.25, 0.3) is 0 Å². The minimum atomic E-state index is 0.220. The van der Waals surface area contributed by atoms with Gasteiger partial charge >= 0.3 is 0 Å². The maximum Gasteiger partial charge on any atom is 0.0402 e. The van der Waals surface area contributed by atoms with Crippen LogP contribution in [0.1, 0.15) is 12.5 Å². The van der Waals surface area contributed by atoms with Gasteiger partial charge in [-0.25, -0.2) is 0 Å². The minimum absolute atomic E-state index is 0.220. The van der Waals surface area contributed by atoms with Crippen molar-refractivity contribution in [2.75, 3.05) is 18.0 Å². The van der Waals surface area contributed by atoms with Gasteiger partial charge in [-0.2, -0.15) is 0 Å². The van der Waals surface area contributed by atoms with E-state index in [0.717, 1.165) is 25.1 Å². The van der Waals surface area contributed by atoms with Gasteiger partial charge in [0, 0.05) is 30.4 Å². The van der Waals surface area contributed by atoms with Crippen molar-refractivity contribution >= 4 is 17.3 Å². The van der Waals surface area contributed by atoms with Crippen LogP contribution >= 0.6 is 11.6 Å². The maximum atomic E-state index is 6.06. The molecule has 0 aromatic heterocycles. The van der Waals surface area contributed by atoms with Crippen LogP contribution < -0.4 is 10.6 Å². The Kier molecular flexibility index (Phi) is 3.52. The summed E-state index contributed by atoms with van der Waals surface area (Å²) in [7, 11) is 0. The van der Waals surface area contributed by atoms with Crippen LogP contribution in [0.25, 0.3) is 0 Å². The molecule has 3 heteroatoms. The molecule has 1 heterocycles. The summed E-state index contributed by atoms with van der Waals surface area (Å²) >= 11 is 5.71. The molecule has 1 aliphatic heterocycles. The quantitative estimate of drug-likeness (QED) is 0.855. The molecule has 2 rings (SSSR count). The Balaban J connectivity index is 2.26. The molecule has 0 bridgehead atoms. The number of nitrogens with zero attached hydrogens (tertiary/aromatic N) is 1. The van der Waals surface area contributed by atoms with Gasteiger partial charge in [0.2, 0.25) is 0 Å². The Labute approximate surface area is 102 Å². The predicted octanol–water partition coefficient (Wildman–Crippen LogP) is 2.52. The topological polar surface area (TPSA) is 29.3 Å². The van der Waals surface area contributed by atoms with E-state index in [2.05, 4.69) is 29.2 Å². The van der Waals surface area contributed by atoms with E-state index < -0.39 is 0 Å². The molecule has 0 aliphatic carbocycles. The summed E-state index contributed by atoms with van der Waals surface area (Å²) in [6.07, 6.45) is 0.969. The molecule has 16 heavy (non-hydrogen) atoms. The van der Waals surface area contributed by atoms with Crippen molar-refractivity contribution in [1.82, 2.24) is 0 Å².